The second-order valence-electron chi connectivity index (χ2n) is 7.62. The second kappa shape index (κ2) is 7.34. The van der Waals surface area contributed by atoms with Crippen molar-refractivity contribution in [2.45, 2.75) is 17.7 Å². The van der Waals surface area contributed by atoms with Gasteiger partial charge in [-0.2, -0.15) is 0 Å². The number of aromatic nitrogens is 3. The second-order valence-corrected chi connectivity index (χ2v) is 9.40. The van der Waals surface area contributed by atoms with E-state index in [0.29, 0.717) is 11.2 Å². The summed E-state index contributed by atoms with van der Waals surface area (Å²) in [5.41, 5.74) is 3.01. The number of nitrogens with zero attached hydrogens (tertiary/aromatic N) is 4. The molecule has 5 rings (SSSR count). The number of rotatable bonds is 3. The molecule has 4 heterocycles. The van der Waals surface area contributed by atoms with Gasteiger partial charge >= 0.3 is 0 Å². The van der Waals surface area contributed by atoms with Crippen molar-refractivity contribution >= 4 is 37.5 Å². The average Bonchev–Trinajstić information content (AvgIpc) is 3.03. The molecule has 1 aliphatic heterocycles. The van der Waals surface area contributed by atoms with E-state index in [0.717, 1.165) is 42.3 Å². The molecular formula is C23H22N4O2S. The van der Waals surface area contributed by atoms with E-state index in [-0.39, 0.29) is 4.90 Å². The highest BCUT2D eigenvalue weighted by molar-refractivity contribution is 7.90. The molecule has 4 aromatic rings. The van der Waals surface area contributed by atoms with Crippen LogP contribution in [-0.2, 0) is 10.0 Å². The van der Waals surface area contributed by atoms with Crippen molar-refractivity contribution in [1.29, 1.82) is 0 Å². The summed E-state index contributed by atoms with van der Waals surface area (Å²) in [4.78, 5) is 11.2. The van der Waals surface area contributed by atoms with Gasteiger partial charge in [-0.3, -0.25) is 4.98 Å². The molecule has 30 heavy (non-hydrogen) atoms. The van der Waals surface area contributed by atoms with Crippen LogP contribution in [0.2, 0.25) is 0 Å². The third-order valence-electron chi connectivity index (χ3n) is 5.67. The summed E-state index contributed by atoms with van der Waals surface area (Å²) in [6.45, 7) is 1.94. The average molecular weight is 419 g/mol. The Bertz CT molecular complexity index is 1380. The van der Waals surface area contributed by atoms with Gasteiger partial charge in [-0.05, 0) is 49.7 Å². The van der Waals surface area contributed by atoms with Crippen LogP contribution in [0.25, 0.3) is 27.5 Å². The first-order valence-corrected chi connectivity index (χ1v) is 11.4. The minimum atomic E-state index is -3.88. The molecule has 152 valence electrons. The Morgan fingerprint density at radius 1 is 0.967 bits per heavy atom. The highest BCUT2D eigenvalue weighted by atomic mass is 32.2. The Morgan fingerprint density at radius 3 is 2.67 bits per heavy atom. The van der Waals surface area contributed by atoms with Crippen molar-refractivity contribution in [1.82, 2.24) is 18.8 Å². The maximum atomic E-state index is 13.7. The molecule has 0 atom stereocenters. The lowest BCUT2D eigenvalue weighted by Gasteiger charge is -2.12. The number of benzene rings is 1. The molecule has 0 radical (unpaired) electrons. The Morgan fingerprint density at radius 2 is 1.77 bits per heavy atom. The maximum absolute atomic E-state index is 13.7. The van der Waals surface area contributed by atoms with Gasteiger partial charge in [0.05, 0.1) is 5.52 Å². The number of para-hydroxylation sites is 1. The molecule has 0 N–H and O–H groups in total. The normalized spacial score (nSPS) is 16.0. The van der Waals surface area contributed by atoms with Crippen LogP contribution < -0.4 is 0 Å². The molecule has 0 aliphatic carbocycles. The Hall–Kier alpha value is -3.03. The van der Waals surface area contributed by atoms with Gasteiger partial charge in [0.25, 0.3) is 10.0 Å². The van der Waals surface area contributed by atoms with Gasteiger partial charge < -0.3 is 4.90 Å². The van der Waals surface area contributed by atoms with Crippen LogP contribution in [0.4, 0.5) is 0 Å². The molecule has 7 heteroatoms. The van der Waals surface area contributed by atoms with Crippen LogP contribution in [0.15, 0.2) is 72.0 Å². The van der Waals surface area contributed by atoms with Crippen LogP contribution >= 0.6 is 0 Å². The first kappa shape index (κ1) is 19.0. The summed E-state index contributed by atoms with van der Waals surface area (Å²) in [7, 11) is -1.77. The molecule has 0 spiro atoms. The monoisotopic (exact) mass is 418 g/mol. The van der Waals surface area contributed by atoms with E-state index in [4.69, 9.17) is 0 Å². The molecule has 3 aromatic heterocycles. The van der Waals surface area contributed by atoms with E-state index < -0.39 is 10.0 Å². The van der Waals surface area contributed by atoms with Crippen LogP contribution in [0.5, 0.6) is 0 Å². The molecule has 6 nitrogen and oxygen atoms in total. The fraction of sp³-hybridized carbons (Fsp3) is 0.217. The topological polar surface area (TPSA) is 68.1 Å². The fourth-order valence-corrected chi connectivity index (χ4v) is 5.58. The van der Waals surface area contributed by atoms with E-state index in [9.17, 15) is 8.42 Å². The van der Waals surface area contributed by atoms with Gasteiger partial charge in [-0.1, -0.05) is 24.3 Å². The number of pyridine rings is 2. The predicted octanol–water partition coefficient (Wildman–Crippen LogP) is 3.93. The third-order valence-corrected chi connectivity index (χ3v) is 7.36. The summed E-state index contributed by atoms with van der Waals surface area (Å²) >= 11 is 0. The summed E-state index contributed by atoms with van der Waals surface area (Å²) < 4.78 is 28.8. The largest absolute Gasteiger partial charge is 0.306 e. The van der Waals surface area contributed by atoms with Gasteiger partial charge in [-0.15, -0.1) is 0 Å². The molecule has 1 aliphatic rings. The van der Waals surface area contributed by atoms with Crippen LogP contribution in [-0.4, -0.2) is 47.4 Å². The van der Waals surface area contributed by atoms with Crippen molar-refractivity contribution in [2.24, 2.45) is 0 Å². The van der Waals surface area contributed by atoms with E-state index in [2.05, 4.69) is 28.0 Å². The van der Waals surface area contributed by atoms with Gasteiger partial charge in [0.15, 0.2) is 5.65 Å². The lowest BCUT2D eigenvalue weighted by atomic mass is 10.0. The highest BCUT2D eigenvalue weighted by Gasteiger charge is 2.25. The van der Waals surface area contributed by atoms with Gasteiger partial charge in [0.1, 0.15) is 4.90 Å². The first-order chi connectivity index (χ1) is 14.6. The molecule has 0 amide bonds. The minimum absolute atomic E-state index is 0.185. The quantitative estimate of drug-likeness (QED) is 0.504. The zero-order valence-corrected chi connectivity index (χ0v) is 17.5. The molecule has 0 fully saturated rings. The number of hydrogen-bond donors (Lipinski definition) is 0. The molecule has 0 unspecified atom stereocenters. The van der Waals surface area contributed by atoms with Crippen LogP contribution in [0, 0.1) is 0 Å². The Balaban J connectivity index is 1.72. The SMILES string of the molecule is CN1CCC=C(c2cn(S(=O)(=O)c3cccc4cccnc34)c3ncccc23)CC1. The van der Waals surface area contributed by atoms with Gasteiger partial charge in [-0.25, -0.2) is 17.4 Å². The molecule has 0 saturated carbocycles. The van der Waals surface area contributed by atoms with Crippen molar-refractivity contribution in [3.63, 3.8) is 0 Å². The molecule has 1 aromatic carbocycles. The lowest BCUT2D eigenvalue weighted by Crippen LogP contribution is -2.18. The van der Waals surface area contributed by atoms with Gasteiger partial charge in [0, 0.05) is 48.0 Å². The zero-order chi connectivity index (χ0) is 20.7. The molecular weight excluding hydrogens is 396 g/mol. The Kier molecular flexibility index (Phi) is 4.64. The summed E-state index contributed by atoms with van der Waals surface area (Å²) in [5.74, 6) is 0. The number of fused-ring (bicyclic) bond motifs is 2. The lowest BCUT2D eigenvalue weighted by molar-refractivity contribution is 0.355. The Labute approximate surface area is 175 Å². The van der Waals surface area contributed by atoms with E-state index in [1.807, 2.05) is 24.3 Å². The predicted molar refractivity (Wildman–Crippen MR) is 119 cm³/mol. The van der Waals surface area contributed by atoms with Crippen LogP contribution in [0.1, 0.15) is 18.4 Å². The van der Waals surface area contributed by atoms with E-state index in [1.165, 1.54) is 9.55 Å². The zero-order valence-electron chi connectivity index (χ0n) is 16.7. The third kappa shape index (κ3) is 3.11. The molecule has 0 bridgehead atoms. The number of hydrogen-bond acceptors (Lipinski definition) is 5. The van der Waals surface area contributed by atoms with Crippen molar-refractivity contribution in [3.8, 4) is 0 Å². The highest BCUT2D eigenvalue weighted by Crippen LogP contribution is 2.33. The smallest absolute Gasteiger partial charge is 0.271 e. The summed E-state index contributed by atoms with van der Waals surface area (Å²) in [6, 6.07) is 12.7. The summed E-state index contributed by atoms with van der Waals surface area (Å²) in [5, 5.41) is 1.64. The summed E-state index contributed by atoms with van der Waals surface area (Å²) in [6.07, 6.45) is 9.02. The fourth-order valence-electron chi connectivity index (χ4n) is 4.09. The van der Waals surface area contributed by atoms with Crippen molar-refractivity contribution < 1.29 is 8.42 Å². The van der Waals surface area contributed by atoms with Gasteiger partial charge in [0.2, 0.25) is 0 Å². The standard InChI is InChI=1S/C23H22N4O2S/c1-26-14-5-8-17(11-15-26)20-16-27(23-19(20)9-4-13-25-23)30(28,29)21-10-2-6-18-7-3-12-24-22(18)21/h2-4,6-10,12-13,16H,5,11,14-15H2,1H3. The van der Waals surface area contributed by atoms with Crippen molar-refractivity contribution in [2.75, 3.05) is 20.1 Å². The first-order valence-electron chi connectivity index (χ1n) is 9.99. The van der Waals surface area contributed by atoms with Crippen molar-refractivity contribution in [3.05, 3.63) is 72.7 Å². The van der Waals surface area contributed by atoms with E-state index >= 15 is 0 Å². The maximum Gasteiger partial charge on any atom is 0.271 e. The molecule has 0 saturated heterocycles. The van der Waals surface area contributed by atoms with Crippen LogP contribution in [0.3, 0.4) is 0 Å². The van der Waals surface area contributed by atoms with E-state index in [1.54, 1.807) is 36.8 Å². The minimum Gasteiger partial charge on any atom is -0.306 e.